The molecule has 0 spiro atoms. The molecule has 1 N–H and O–H groups in total. The van der Waals surface area contributed by atoms with Crippen LogP contribution in [0.1, 0.15) is 12.6 Å². The van der Waals surface area contributed by atoms with E-state index in [-0.39, 0.29) is 6.61 Å². The molecule has 2 rings (SSSR count). The molecule has 94 valence electrons. The van der Waals surface area contributed by atoms with Crippen LogP contribution in [0.4, 0.5) is 5.69 Å². The molecule has 1 aliphatic rings. The molecule has 0 atom stereocenters. The molecule has 0 aliphatic carbocycles. The highest BCUT2D eigenvalue weighted by Crippen LogP contribution is 2.16. The first-order valence-electron chi connectivity index (χ1n) is 6.36. The van der Waals surface area contributed by atoms with Crippen molar-refractivity contribution in [2.24, 2.45) is 0 Å². The van der Waals surface area contributed by atoms with Crippen molar-refractivity contribution in [3.63, 3.8) is 0 Å². The van der Waals surface area contributed by atoms with Gasteiger partial charge in [0.15, 0.2) is 0 Å². The van der Waals surface area contributed by atoms with Gasteiger partial charge in [0, 0.05) is 50.3 Å². The Kier molecular flexibility index (Phi) is 4.34. The lowest BCUT2D eigenvalue weighted by atomic mass is 10.2. The topological polar surface area (TPSA) is 39.6 Å². The maximum absolute atomic E-state index is 8.91. The van der Waals surface area contributed by atoms with Crippen LogP contribution in [0, 0.1) is 0 Å². The lowest BCUT2D eigenvalue weighted by Crippen LogP contribution is -2.47. The zero-order valence-electron chi connectivity index (χ0n) is 10.5. The molecular weight excluding hydrogens is 214 g/mol. The highest BCUT2D eigenvalue weighted by atomic mass is 16.3. The van der Waals surface area contributed by atoms with Crippen LogP contribution in [0.15, 0.2) is 18.3 Å². The Morgan fingerprint density at radius 2 is 2.06 bits per heavy atom. The Hall–Kier alpha value is -1.13. The van der Waals surface area contributed by atoms with Crippen LogP contribution in [0.3, 0.4) is 0 Å². The number of pyridine rings is 1. The van der Waals surface area contributed by atoms with Crippen molar-refractivity contribution in [3.8, 4) is 0 Å². The third-order valence-corrected chi connectivity index (χ3v) is 3.32. The molecular formula is C13H21N3O. The quantitative estimate of drug-likeness (QED) is 0.836. The van der Waals surface area contributed by atoms with E-state index in [0.717, 1.165) is 44.8 Å². The minimum Gasteiger partial charge on any atom is -0.395 e. The van der Waals surface area contributed by atoms with Gasteiger partial charge in [-0.25, -0.2) is 0 Å². The first-order valence-corrected chi connectivity index (χ1v) is 6.36. The normalized spacial score (nSPS) is 17.4. The Morgan fingerprint density at radius 1 is 1.29 bits per heavy atom. The van der Waals surface area contributed by atoms with E-state index in [1.165, 1.54) is 5.69 Å². The average Bonchev–Trinajstić information content (AvgIpc) is 2.40. The summed E-state index contributed by atoms with van der Waals surface area (Å²) in [5.41, 5.74) is 2.43. The van der Waals surface area contributed by atoms with Gasteiger partial charge in [-0.05, 0) is 18.6 Å². The predicted octanol–water partition coefficient (Wildman–Crippen LogP) is 0.758. The number of aryl methyl sites for hydroxylation is 1. The zero-order valence-corrected chi connectivity index (χ0v) is 10.5. The van der Waals surface area contributed by atoms with Gasteiger partial charge in [0.25, 0.3) is 0 Å². The van der Waals surface area contributed by atoms with E-state index in [4.69, 9.17) is 5.11 Å². The van der Waals surface area contributed by atoms with Gasteiger partial charge in [0.2, 0.25) is 0 Å². The Bertz CT molecular complexity index is 348. The smallest absolute Gasteiger partial charge is 0.0558 e. The average molecular weight is 235 g/mol. The van der Waals surface area contributed by atoms with Gasteiger partial charge >= 0.3 is 0 Å². The summed E-state index contributed by atoms with van der Waals surface area (Å²) in [5, 5.41) is 8.91. The summed E-state index contributed by atoms with van der Waals surface area (Å²) in [6.07, 6.45) is 2.88. The molecule has 2 heterocycles. The largest absolute Gasteiger partial charge is 0.395 e. The van der Waals surface area contributed by atoms with Gasteiger partial charge in [-0.1, -0.05) is 6.92 Å². The highest BCUT2D eigenvalue weighted by molar-refractivity contribution is 5.47. The Balaban J connectivity index is 1.95. The predicted molar refractivity (Wildman–Crippen MR) is 69.4 cm³/mol. The number of anilines is 1. The van der Waals surface area contributed by atoms with Gasteiger partial charge < -0.3 is 10.0 Å². The number of aromatic nitrogens is 1. The second kappa shape index (κ2) is 5.98. The number of hydrogen-bond acceptors (Lipinski definition) is 4. The molecule has 0 bridgehead atoms. The lowest BCUT2D eigenvalue weighted by molar-refractivity contribution is 0.189. The van der Waals surface area contributed by atoms with Crippen LogP contribution >= 0.6 is 0 Å². The van der Waals surface area contributed by atoms with Crippen molar-refractivity contribution < 1.29 is 5.11 Å². The number of aliphatic hydroxyl groups is 1. The summed E-state index contributed by atoms with van der Waals surface area (Å²) in [6.45, 7) is 7.32. The molecule has 0 aromatic carbocycles. The number of aliphatic hydroxyl groups excluding tert-OH is 1. The highest BCUT2D eigenvalue weighted by Gasteiger charge is 2.16. The fraction of sp³-hybridized carbons (Fsp3) is 0.615. The zero-order chi connectivity index (χ0) is 12.1. The standard InChI is InChI=1S/C13H21N3O/c1-2-12-11-13(3-4-14-12)16-7-5-15(6-8-16)9-10-17/h3-4,11,17H,2,5-10H2,1H3. The van der Waals surface area contributed by atoms with Crippen molar-refractivity contribution in [3.05, 3.63) is 24.0 Å². The number of rotatable bonds is 4. The van der Waals surface area contributed by atoms with Crippen LogP contribution in [0.2, 0.25) is 0 Å². The van der Waals surface area contributed by atoms with Crippen molar-refractivity contribution in [1.29, 1.82) is 0 Å². The van der Waals surface area contributed by atoms with E-state index in [1.807, 2.05) is 6.20 Å². The van der Waals surface area contributed by atoms with E-state index in [1.54, 1.807) is 0 Å². The lowest BCUT2D eigenvalue weighted by Gasteiger charge is -2.35. The van der Waals surface area contributed by atoms with Gasteiger partial charge in [-0.2, -0.15) is 0 Å². The fourth-order valence-electron chi connectivity index (χ4n) is 2.23. The number of nitrogens with zero attached hydrogens (tertiary/aromatic N) is 3. The van der Waals surface area contributed by atoms with Gasteiger partial charge in [-0.3, -0.25) is 9.88 Å². The molecule has 0 radical (unpaired) electrons. The van der Waals surface area contributed by atoms with E-state index < -0.39 is 0 Å². The molecule has 1 aliphatic heterocycles. The first kappa shape index (κ1) is 12.3. The summed E-state index contributed by atoms with van der Waals surface area (Å²) in [6, 6.07) is 4.27. The SMILES string of the molecule is CCc1cc(N2CCN(CCO)CC2)ccn1. The molecule has 1 aromatic rings. The van der Waals surface area contributed by atoms with Gasteiger partial charge in [0.05, 0.1) is 6.61 Å². The summed E-state index contributed by atoms with van der Waals surface area (Å²) in [7, 11) is 0. The second-order valence-corrected chi connectivity index (χ2v) is 4.41. The molecule has 4 heteroatoms. The molecule has 1 saturated heterocycles. The van der Waals surface area contributed by atoms with E-state index in [2.05, 4.69) is 33.8 Å². The van der Waals surface area contributed by atoms with E-state index in [0.29, 0.717) is 0 Å². The van der Waals surface area contributed by atoms with Gasteiger partial charge in [-0.15, -0.1) is 0 Å². The fourth-order valence-corrected chi connectivity index (χ4v) is 2.23. The monoisotopic (exact) mass is 235 g/mol. The molecule has 1 fully saturated rings. The summed E-state index contributed by atoms with van der Waals surface area (Å²) < 4.78 is 0. The minimum absolute atomic E-state index is 0.259. The number of hydrogen-bond donors (Lipinski definition) is 1. The molecule has 17 heavy (non-hydrogen) atoms. The molecule has 0 amide bonds. The Labute approximate surface area is 103 Å². The third-order valence-electron chi connectivity index (χ3n) is 3.32. The van der Waals surface area contributed by atoms with Crippen LogP contribution in [-0.2, 0) is 6.42 Å². The minimum atomic E-state index is 0.259. The summed E-state index contributed by atoms with van der Waals surface area (Å²) in [4.78, 5) is 9.03. The van der Waals surface area contributed by atoms with E-state index >= 15 is 0 Å². The summed E-state index contributed by atoms with van der Waals surface area (Å²) >= 11 is 0. The number of β-amino-alcohol motifs (C(OH)–C–C–N with tert-alkyl or cyclic N) is 1. The molecule has 1 aromatic heterocycles. The summed E-state index contributed by atoms with van der Waals surface area (Å²) in [5.74, 6) is 0. The molecule has 4 nitrogen and oxygen atoms in total. The Morgan fingerprint density at radius 3 is 2.71 bits per heavy atom. The van der Waals surface area contributed by atoms with Crippen molar-refractivity contribution in [1.82, 2.24) is 9.88 Å². The second-order valence-electron chi connectivity index (χ2n) is 4.41. The molecule has 0 saturated carbocycles. The van der Waals surface area contributed by atoms with Crippen molar-refractivity contribution in [2.75, 3.05) is 44.2 Å². The van der Waals surface area contributed by atoms with Crippen molar-refractivity contribution in [2.45, 2.75) is 13.3 Å². The van der Waals surface area contributed by atoms with Crippen molar-refractivity contribution >= 4 is 5.69 Å². The van der Waals surface area contributed by atoms with Crippen LogP contribution in [-0.4, -0.2) is 54.3 Å². The maximum atomic E-state index is 8.91. The first-order chi connectivity index (χ1) is 8.33. The molecule has 0 unspecified atom stereocenters. The third kappa shape index (κ3) is 3.17. The van der Waals surface area contributed by atoms with Crippen LogP contribution < -0.4 is 4.90 Å². The van der Waals surface area contributed by atoms with Gasteiger partial charge in [0.1, 0.15) is 0 Å². The van der Waals surface area contributed by atoms with Crippen LogP contribution in [0.5, 0.6) is 0 Å². The van der Waals surface area contributed by atoms with E-state index in [9.17, 15) is 0 Å². The maximum Gasteiger partial charge on any atom is 0.0558 e. The van der Waals surface area contributed by atoms with Crippen LogP contribution in [0.25, 0.3) is 0 Å². The number of piperazine rings is 1.